The Hall–Kier alpha value is -2.68. The molecule has 1 saturated heterocycles. The Morgan fingerprint density at radius 3 is 2.61 bits per heavy atom. The zero-order valence-electron chi connectivity index (χ0n) is 13.1. The zero-order valence-corrected chi connectivity index (χ0v) is 13.1. The van der Waals surface area contributed by atoms with E-state index < -0.39 is 0 Å². The van der Waals surface area contributed by atoms with E-state index in [1.165, 1.54) is 5.56 Å². The standard InChI is InChI=1S/C20H18N2O/c1-20(13-15-7-3-2-4-8-15)14-22(19(20)23)17-11-5-9-16-10-6-12-21-18(16)17/h2-12H,13-14H2,1H3. The van der Waals surface area contributed by atoms with Crippen molar-refractivity contribution >= 4 is 22.5 Å². The smallest absolute Gasteiger partial charge is 0.235 e. The molecule has 3 nitrogen and oxygen atoms in total. The second-order valence-corrected chi connectivity index (χ2v) is 6.47. The molecule has 0 N–H and O–H groups in total. The molecule has 4 rings (SSSR count). The van der Waals surface area contributed by atoms with E-state index in [1.807, 2.05) is 53.4 Å². The number of amides is 1. The minimum atomic E-state index is -0.321. The van der Waals surface area contributed by atoms with Crippen LogP contribution in [0.4, 0.5) is 5.69 Å². The predicted molar refractivity (Wildman–Crippen MR) is 92.3 cm³/mol. The third-order valence-electron chi connectivity index (χ3n) is 4.61. The summed E-state index contributed by atoms with van der Waals surface area (Å²) >= 11 is 0. The predicted octanol–water partition coefficient (Wildman–Crippen LogP) is 3.83. The van der Waals surface area contributed by atoms with Crippen molar-refractivity contribution in [2.75, 3.05) is 11.4 Å². The molecule has 1 aromatic heterocycles. The maximum Gasteiger partial charge on any atom is 0.235 e. The van der Waals surface area contributed by atoms with Crippen LogP contribution in [-0.4, -0.2) is 17.4 Å². The van der Waals surface area contributed by atoms with Crippen molar-refractivity contribution in [2.24, 2.45) is 5.41 Å². The molecule has 0 aliphatic carbocycles. The van der Waals surface area contributed by atoms with Gasteiger partial charge in [-0.25, -0.2) is 0 Å². The van der Waals surface area contributed by atoms with Gasteiger partial charge in [-0.05, 0) is 31.0 Å². The number of hydrogen-bond donors (Lipinski definition) is 0. The Bertz CT molecular complexity index is 870. The molecule has 3 heteroatoms. The monoisotopic (exact) mass is 302 g/mol. The maximum atomic E-state index is 12.8. The van der Waals surface area contributed by atoms with Crippen LogP contribution in [0, 0.1) is 5.41 Å². The zero-order chi connectivity index (χ0) is 15.9. The maximum absolute atomic E-state index is 12.8. The Labute approximate surface area is 135 Å². The van der Waals surface area contributed by atoms with E-state index in [-0.39, 0.29) is 11.3 Å². The van der Waals surface area contributed by atoms with E-state index in [0.29, 0.717) is 0 Å². The molecule has 1 unspecified atom stereocenters. The van der Waals surface area contributed by atoms with Crippen molar-refractivity contribution in [3.63, 3.8) is 0 Å². The third kappa shape index (κ3) is 2.29. The molecule has 23 heavy (non-hydrogen) atoms. The Balaban J connectivity index is 1.62. The van der Waals surface area contributed by atoms with Crippen LogP contribution >= 0.6 is 0 Å². The molecule has 1 aliphatic rings. The molecule has 0 radical (unpaired) electrons. The van der Waals surface area contributed by atoms with Crippen LogP contribution in [0.15, 0.2) is 66.9 Å². The summed E-state index contributed by atoms with van der Waals surface area (Å²) in [6, 6.07) is 20.2. The number of aromatic nitrogens is 1. The first-order valence-corrected chi connectivity index (χ1v) is 7.87. The van der Waals surface area contributed by atoms with Crippen molar-refractivity contribution < 1.29 is 4.79 Å². The second-order valence-electron chi connectivity index (χ2n) is 6.47. The number of fused-ring (bicyclic) bond motifs is 1. The van der Waals surface area contributed by atoms with E-state index in [4.69, 9.17) is 0 Å². The fraction of sp³-hybridized carbons (Fsp3) is 0.200. The number of rotatable bonds is 3. The third-order valence-corrected chi connectivity index (χ3v) is 4.61. The summed E-state index contributed by atoms with van der Waals surface area (Å²) in [5.74, 6) is 0.180. The van der Waals surface area contributed by atoms with Crippen LogP contribution in [0.1, 0.15) is 12.5 Å². The lowest BCUT2D eigenvalue weighted by atomic mass is 9.75. The van der Waals surface area contributed by atoms with Crippen molar-refractivity contribution in [3.8, 4) is 0 Å². The summed E-state index contributed by atoms with van der Waals surface area (Å²) in [6.45, 7) is 2.79. The lowest BCUT2D eigenvalue weighted by Crippen LogP contribution is -2.61. The fourth-order valence-corrected chi connectivity index (χ4v) is 3.40. The second kappa shape index (κ2) is 5.20. The molecule has 1 amide bonds. The minimum absolute atomic E-state index is 0.180. The number of para-hydroxylation sites is 1. The van der Waals surface area contributed by atoms with Gasteiger partial charge in [0.2, 0.25) is 5.91 Å². The van der Waals surface area contributed by atoms with Crippen molar-refractivity contribution in [1.29, 1.82) is 0 Å². The molecule has 0 saturated carbocycles. The van der Waals surface area contributed by atoms with Gasteiger partial charge in [0.25, 0.3) is 0 Å². The molecule has 1 atom stereocenters. The van der Waals surface area contributed by atoms with Crippen molar-refractivity contribution in [1.82, 2.24) is 4.98 Å². The van der Waals surface area contributed by atoms with Gasteiger partial charge in [-0.15, -0.1) is 0 Å². The number of carbonyl (C=O) groups is 1. The highest BCUT2D eigenvalue weighted by molar-refractivity contribution is 6.09. The van der Waals surface area contributed by atoms with Gasteiger partial charge in [0, 0.05) is 18.1 Å². The highest BCUT2D eigenvalue weighted by Crippen LogP contribution is 2.40. The minimum Gasteiger partial charge on any atom is -0.309 e. The van der Waals surface area contributed by atoms with Gasteiger partial charge >= 0.3 is 0 Å². The van der Waals surface area contributed by atoms with E-state index >= 15 is 0 Å². The Morgan fingerprint density at radius 1 is 1.04 bits per heavy atom. The van der Waals surface area contributed by atoms with Gasteiger partial charge in [-0.1, -0.05) is 48.5 Å². The first-order chi connectivity index (χ1) is 11.2. The van der Waals surface area contributed by atoms with Gasteiger partial charge in [0.1, 0.15) is 0 Å². The van der Waals surface area contributed by atoms with Crippen LogP contribution < -0.4 is 4.90 Å². The summed E-state index contributed by atoms with van der Waals surface area (Å²) in [6.07, 6.45) is 2.56. The number of β-lactam (4-membered cyclic amide) rings is 1. The number of hydrogen-bond acceptors (Lipinski definition) is 2. The molecule has 0 bridgehead atoms. The molecule has 1 aliphatic heterocycles. The first-order valence-electron chi connectivity index (χ1n) is 7.87. The lowest BCUT2D eigenvalue weighted by molar-refractivity contribution is -0.133. The molecular formula is C20H18N2O. The van der Waals surface area contributed by atoms with Gasteiger partial charge in [-0.2, -0.15) is 0 Å². The van der Waals surface area contributed by atoms with Crippen LogP contribution in [0.3, 0.4) is 0 Å². The van der Waals surface area contributed by atoms with Gasteiger partial charge in [0.05, 0.1) is 16.6 Å². The quantitative estimate of drug-likeness (QED) is 0.689. The highest BCUT2D eigenvalue weighted by atomic mass is 16.2. The van der Waals surface area contributed by atoms with Crippen molar-refractivity contribution in [3.05, 3.63) is 72.4 Å². The van der Waals surface area contributed by atoms with Gasteiger partial charge < -0.3 is 4.90 Å². The summed E-state index contributed by atoms with van der Waals surface area (Å²) in [5.41, 5.74) is 2.70. The van der Waals surface area contributed by atoms with Crippen molar-refractivity contribution in [2.45, 2.75) is 13.3 Å². The molecule has 3 aromatic rings. The van der Waals surface area contributed by atoms with Crippen LogP contribution in [0.25, 0.3) is 10.9 Å². The van der Waals surface area contributed by atoms with Gasteiger partial charge in [-0.3, -0.25) is 9.78 Å². The molecule has 2 heterocycles. The average Bonchev–Trinajstić information content (AvgIpc) is 2.60. The number of benzene rings is 2. The Morgan fingerprint density at radius 2 is 1.83 bits per heavy atom. The largest absolute Gasteiger partial charge is 0.309 e. The van der Waals surface area contributed by atoms with E-state index in [9.17, 15) is 4.79 Å². The summed E-state index contributed by atoms with van der Waals surface area (Å²) in [4.78, 5) is 19.1. The number of nitrogens with zero attached hydrogens (tertiary/aromatic N) is 2. The topological polar surface area (TPSA) is 33.2 Å². The lowest BCUT2D eigenvalue weighted by Gasteiger charge is -2.47. The first kappa shape index (κ1) is 13.9. The van der Waals surface area contributed by atoms with Crippen LogP contribution in [-0.2, 0) is 11.2 Å². The summed E-state index contributed by atoms with van der Waals surface area (Å²) in [7, 11) is 0. The molecular weight excluding hydrogens is 284 g/mol. The van der Waals surface area contributed by atoms with E-state index in [1.54, 1.807) is 6.20 Å². The van der Waals surface area contributed by atoms with Crippen LogP contribution in [0.2, 0.25) is 0 Å². The number of carbonyl (C=O) groups excluding carboxylic acids is 1. The van der Waals surface area contributed by atoms with Crippen LogP contribution in [0.5, 0.6) is 0 Å². The van der Waals surface area contributed by atoms with Gasteiger partial charge in [0.15, 0.2) is 0 Å². The molecule has 114 valence electrons. The number of anilines is 1. The number of pyridine rings is 1. The molecule has 2 aromatic carbocycles. The Kier molecular flexibility index (Phi) is 3.15. The normalized spacial score (nSPS) is 20.6. The fourth-order valence-electron chi connectivity index (χ4n) is 3.40. The van der Waals surface area contributed by atoms with E-state index in [2.05, 4.69) is 24.0 Å². The average molecular weight is 302 g/mol. The van der Waals surface area contributed by atoms with E-state index in [0.717, 1.165) is 29.6 Å². The summed E-state index contributed by atoms with van der Waals surface area (Å²) in [5, 5.41) is 1.06. The highest BCUT2D eigenvalue weighted by Gasteiger charge is 2.49. The molecule has 0 spiro atoms. The SMILES string of the molecule is CC1(Cc2ccccc2)CN(c2cccc3cccnc23)C1=O. The molecule has 1 fully saturated rings. The summed E-state index contributed by atoms with van der Waals surface area (Å²) < 4.78 is 0.